The molecule has 0 fully saturated rings. The molecule has 24 heavy (non-hydrogen) atoms. The zero-order valence-corrected chi connectivity index (χ0v) is 12.8. The van der Waals surface area contributed by atoms with E-state index in [0.717, 1.165) is 11.2 Å². The van der Waals surface area contributed by atoms with Crippen LogP contribution in [0, 0.1) is 5.82 Å². The van der Waals surface area contributed by atoms with Crippen molar-refractivity contribution in [3.8, 4) is 0 Å². The van der Waals surface area contributed by atoms with Crippen LogP contribution >= 0.6 is 0 Å². The molecule has 4 rings (SSSR count). The molecule has 1 N–H and O–H groups in total. The first-order valence-corrected chi connectivity index (χ1v) is 7.67. The Hall–Kier alpha value is -3.02. The Morgan fingerprint density at radius 1 is 1.04 bits per heavy atom. The number of rotatable bonds is 3. The van der Waals surface area contributed by atoms with Crippen LogP contribution in [0.25, 0.3) is 0 Å². The van der Waals surface area contributed by atoms with Gasteiger partial charge in [-0.25, -0.2) is 4.39 Å². The fraction of sp³-hybridized carbons (Fsp3) is 0.0556. The fourth-order valence-electron chi connectivity index (χ4n) is 2.93. The van der Waals surface area contributed by atoms with E-state index < -0.39 is 6.98 Å². The van der Waals surface area contributed by atoms with Gasteiger partial charge < -0.3 is 14.5 Å². The molecule has 2 aromatic carbocycles. The highest BCUT2D eigenvalue weighted by atomic mass is 19.1. The molecule has 1 aliphatic rings. The number of nitrogens with zero attached hydrogens (tertiary/aromatic N) is 1. The third kappa shape index (κ3) is 2.56. The topological polar surface area (TPSA) is 45.5 Å². The third-order valence-corrected chi connectivity index (χ3v) is 4.11. The van der Waals surface area contributed by atoms with Gasteiger partial charge in [0.2, 0.25) is 5.91 Å². The van der Waals surface area contributed by atoms with E-state index in [1.54, 1.807) is 35.3 Å². The maximum Gasteiger partial charge on any atom is 0.411 e. The molecule has 118 valence electrons. The van der Waals surface area contributed by atoms with E-state index in [1.165, 1.54) is 12.1 Å². The minimum atomic E-state index is -0.391. The Morgan fingerprint density at radius 2 is 1.83 bits per heavy atom. The number of amides is 1. The summed E-state index contributed by atoms with van der Waals surface area (Å²) in [6, 6.07) is 17.2. The smallest absolute Gasteiger partial charge is 0.411 e. The van der Waals surface area contributed by atoms with Crippen LogP contribution in [-0.2, 0) is 6.54 Å². The number of hydrogen-bond donors (Lipinski definition) is 1. The quantitative estimate of drug-likeness (QED) is 0.755. The van der Waals surface area contributed by atoms with Crippen molar-refractivity contribution in [1.82, 2.24) is 4.81 Å². The monoisotopic (exact) mass is 320 g/mol. The van der Waals surface area contributed by atoms with E-state index in [1.807, 2.05) is 24.3 Å². The van der Waals surface area contributed by atoms with Crippen LogP contribution in [0.15, 0.2) is 71.3 Å². The van der Waals surface area contributed by atoms with Crippen molar-refractivity contribution in [3.05, 3.63) is 84.1 Å². The summed E-state index contributed by atoms with van der Waals surface area (Å²) in [5.41, 5.74) is 2.20. The molecule has 2 heterocycles. The highest BCUT2D eigenvalue weighted by Crippen LogP contribution is 2.25. The van der Waals surface area contributed by atoms with Gasteiger partial charge in [-0.05, 0) is 41.9 Å². The number of halogens is 1. The van der Waals surface area contributed by atoms with Crippen LogP contribution in [0.4, 0.5) is 10.1 Å². The van der Waals surface area contributed by atoms with E-state index in [0.29, 0.717) is 17.9 Å². The van der Waals surface area contributed by atoms with Gasteiger partial charge in [-0.15, -0.1) is 0 Å². The lowest BCUT2D eigenvalue weighted by atomic mass is 9.63. The summed E-state index contributed by atoms with van der Waals surface area (Å²) >= 11 is 0. The summed E-state index contributed by atoms with van der Waals surface area (Å²) in [6.45, 7) is -0.0621. The van der Waals surface area contributed by atoms with Crippen LogP contribution in [0.5, 0.6) is 0 Å². The van der Waals surface area contributed by atoms with Crippen LogP contribution in [0.3, 0.4) is 0 Å². The number of carbonyl (C=O) groups is 1. The van der Waals surface area contributed by atoms with Crippen molar-refractivity contribution < 1.29 is 13.6 Å². The second-order valence-electron chi connectivity index (χ2n) is 5.66. The zero-order valence-electron chi connectivity index (χ0n) is 12.8. The van der Waals surface area contributed by atoms with Gasteiger partial charge >= 0.3 is 6.98 Å². The molecule has 3 aromatic rings. The second-order valence-corrected chi connectivity index (χ2v) is 5.66. The number of para-hydroxylation sites is 1. The maximum atomic E-state index is 13.3. The number of benzene rings is 2. The number of hydrogen-bond acceptors (Lipinski definition) is 3. The molecule has 0 aliphatic carbocycles. The normalized spacial score (nSPS) is 13.6. The van der Waals surface area contributed by atoms with Gasteiger partial charge in [-0.1, -0.05) is 24.3 Å². The average molecular weight is 320 g/mol. The molecule has 0 unspecified atom stereocenters. The predicted molar refractivity (Wildman–Crippen MR) is 90.4 cm³/mol. The summed E-state index contributed by atoms with van der Waals surface area (Å²) in [5.74, 6) is 0.297. The molecule has 0 bridgehead atoms. The SMILES string of the molecule is O=C1c2ccccc2NB(c2ccc(F)cc2)N1Cc1ccco1. The van der Waals surface area contributed by atoms with Crippen molar-refractivity contribution in [2.45, 2.75) is 6.54 Å². The number of furan rings is 1. The molecule has 1 amide bonds. The molecule has 0 spiro atoms. The van der Waals surface area contributed by atoms with Crippen molar-refractivity contribution >= 4 is 24.0 Å². The van der Waals surface area contributed by atoms with Crippen molar-refractivity contribution in [3.63, 3.8) is 0 Å². The van der Waals surface area contributed by atoms with Gasteiger partial charge in [0.05, 0.1) is 18.4 Å². The summed E-state index contributed by atoms with van der Waals surface area (Å²) < 4.78 is 18.7. The Bertz CT molecular complexity index is 865. The van der Waals surface area contributed by atoms with Gasteiger partial charge in [0.15, 0.2) is 0 Å². The van der Waals surface area contributed by atoms with Crippen LogP contribution in [-0.4, -0.2) is 17.7 Å². The molecule has 1 aliphatic heterocycles. The van der Waals surface area contributed by atoms with Gasteiger partial charge in [0.25, 0.3) is 0 Å². The fourth-order valence-corrected chi connectivity index (χ4v) is 2.93. The highest BCUT2D eigenvalue weighted by Gasteiger charge is 2.37. The Morgan fingerprint density at radius 3 is 2.58 bits per heavy atom. The van der Waals surface area contributed by atoms with Crippen LogP contribution < -0.4 is 10.7 Å². The first kappa shape index (κ1) is 14.6. The van der Waals surface area contributed by atoms with Crippen LogP contribution in [0.2, 0.25) is 0 Å². The summed E-state index contributed by atoms with van der Waals surface area (Å²) in [5, 5.41) is 3.37. The van der Waals surface area contributed by atoms with Crippen molar-refractivity contribution in [2.75, 3.05) is 5.23 Å². The predicted octanol–water partition coefficient (Wildman–Crippen LogP) is 2.88. The van der Waals surface area contributed by atoms with E-state index >= 15 is 0 Å². The molecule has 0 atom stereocenters. The molecule has 4 nitrogen and oxygen atoms in total. The Labute approximate surface area is 139 Å². The van der Waals surface area contributed by atoms with Crippen molar-refractivity contribution in [2.24, 2.45) is 0 Å². The molecule has 6 heteroatoms. The molecule has 0 saturated carbocycles. The van der Waals surface area contributed by atoms with Crippen LogP contribution in [0.1, 0.15) is 16.1 Å². The lowest BCUT2D eigenvalue weighted by Crippen LogP contribution is -2.58. The summed E-state index contributed by atoms with van der Waals surface area (Å²) in [7, 11) is 0. The van der Waals surface area contributed by atoms with E-state index in [9.17, 15) is 9.18 Å². The molecular weight excluding hydrogens is 306 g/mol. The number of nitrogens with one attached hydrogen (secondary N) is 1. The average Bonchev–Trinajstić information content (AvgIpc) is 3.11. The first-order valence-electron chi connectivity index (χ1n) is 7.67. The number of anilines is 1. The molecule has 0 radical (unpaired) electrons. The number of carbonyl (C=O) groups excluding carboxylic acids is 1. The molecular formula is C18H14BFN2O2. The lowest BCUT2D eigenvalue weighted by Gasteiger charge is -2.35. The third-order valence-electron chi connectivity index (χ3n) is 4.11. The number of fused-ring (bicyclic) bond motifs is 1. The standard InChI is InChI=1S/C18H14BFN2O2/c20-14-9-7-13(8-10-14)19-21-17-6-2-1-5-16(17)18(23)22(19)12-15-4-3-11-24-15/h1-11,21H,12H2. The zero-order chi connectivity index (χ0) is 16.5. The first-order chi connectivity index (χ1) is 11.7. The summed E-state index contributed by atoms with van der Waals surface area (Å²) in [6.07, 6.45) is 1.58. The molecule has 0 saturated heterocycles. The van der Waals surface area contributed by atoms with Gasteiger partial charge in [0, 0.05) is 5.69 Å². The van der Waals surface area contributed by atoms with Gasteiger partial charge in [-0.3, -0.25) is 4.79 Å². The minimum Gasteiger partial charge on any atom is -0.468 e. The highest BCUT2D eigenvalue weighted by molar-refractivity contribution is 6.76. The minimum absolute atomic E-state index is 0.0879. The van der Waals surface area contributed by atoms with Gasteiger partial charge in [-0.2, -0.15) is 0 Å². The molecule has 1 aromatic heterocycles. The Balaban J connectivity index is 1.76. The van der Waals surface area contributed by atoms with E-state index in [-0.39, 0.29) is 11.7 Å². The van der Waals surface area contributed by atoms with Crippen molar-refractivity contribution in [1.29, 1.82) is 0 Å². The Kier molecular flexibility index (Phi) is 3.57. The second kappa shape index (κ2) is 5.89. The van der Waals surface area contributed by atoms with Gasteiger partial charge in [0.1, 0.15) is 11.6 Å². The summed E-state index contributed by atoms with van der Waals surface area (Å²) in [4.78, 5) is 14.7. The van der Waals surface area contributed by atoms with E-state index in [2.05, 4.69) is 5.23 Å². The lowest BCUT2D eigenvalue weighted by molar-refractivity contribution is 0.0840. The maximum absolute atomic E-state index is 13.3. The largest absolute Gasteiger partial charge is 0.468 e. The van der Waals surface area contributed by atoms with E-state index in [4.69, 9.17) is 4.42 Å².